The summed E-state index contributed by atoms with van der Waals surface area (Å²) in [6.07, 6.45) is 1.37. The molecule has 0 aliphatic carbocycles. The molecule has 3 rings (SSSR count). The normalized spacial score (nSPS) is 14.5. The minimum absolute atomic E-state index is 0.0202. The van der Waals surface area contributed by atoms with Gasteiger partial charge in [0.2, 0.25) is 0 Å². The summed E-state index contributed by atoms with van der Waals surface area (Å²) in [7, 11) is 3.06. The number of nitrogens with one attached hydrogen (secondary N) is 1. The molecule has 7 heteroatoms. The Balaban J connectivity index is 1.62. The summed E-state index contributed by atoms with van der Waals surface area (Å²) in [5.41, 5.74) is 0.998. The van der Waals surface area contributed by atoms with Gasteiger partial charge in [0.05, 0.1) is 14.2 Å². The number of carbonyl (C=O) groups is 2. The van der Waals surface area contributed by atoms with Crippen LogP contribution in [0.4, 0.5) is 0 Å². The summed E-state index contributed by atoms with van der Waals surface area (Å²) < 4.78 is 10.7. The van der Waals surface area contributed by atoms with Gasteiger partial charge in [-0.1, -0.05) is 17.7 Å². The highest BCUT2D eigenvalue weighted by atomic mass is 35.5. The SMILES string of the molecule is COc1cccc(OC)c1C(=O)N1CCC(NC(=O)c2ccc(Cl)cc2)CC1. The minimum Gasteiger partial charge on any atom is -0.496 e. The van der Waals surface area contributed by atoms with Gasteiger partial charge < -0.3 is 19.7 Å². The van der Waals surface area contributed by atoms with Crippen molar-refractivity contribution in [1.29, 1.82) is 0 Å². The van der Waals surface area contributed by atoms with E-state index in [-0.39, 0.29) is 17.9 Å². The molecular weight excluding hydrogens is 380 g/mol. The summed E-state index contributed by atoms with van der Waals surface area (Å²) in [6.45, 7) is 1.09. The molecule has 1 N–H and O–H groups in total. The van der Waals surface area contributed by atoms with E-state index < -0.39 is 0 Å². The number of hydrogen-bond donors (Lipinski definition) is 1. The highest BCUT2D eigenvalue weighted by Gasteiger charge is 2.28. The Labute approximate surface area is 169 Å². The fraction of sp³-hybridized carbons (Fsp3) is 0.333. The second-order valence-electron chi connectivity index (χ2n) is 6.58. The van der Waals surface area contributed by atoms with Crippen molar-refractivity contribution in [3.8, 4) is 11.5 Å². The predicted octanol–water partition coefficient (Wildman–Crippen LogP) is 3.39. The molecule has 0 radical (unpaired) electrons. The van der Waals surface area contributed by atoms with Crippen LogP contribution in [0.3, 0.4) is 0 Å². The van der Waals surface area contributed by atoms with E-state index in [1.807, 2.05) is 0 Å². The summed E-state index contributed by atoms with van der Waals surface area (Å²) in [4.78, 5) is 27.1. The van der Waals surface area contributed by atoms with Crippen molar-refractivity contribution in [3.05, 3.63) is 58.6 Å². The molecule has 1 saturated heterocycles. The third kappa shape index (κ3) is 4.39. The number of nitrogens with zero attached hydrogens (tertiary/aromatic N) is 1. The van der Waals surface area contributed by atoms with E-state index in [9.17, 15) is 9.59 Å². The van der Waals surface area contributed by atoms with Gasteiger partial charge in [-0.15, -0.1) is 0 Å². The first kappa shape index (κ1) is 20.0. The molecular formula is C21H23ClN2O4. The first-order valence-electron chi connectivity index (χ1n) is 9.10. The lowest BCUT2D eigenvalue weighted by Crippen LogP contribution is -2.46. The number of rotatable bonds is 5. The molecule has 0 saturated carbocycles. The summed E-state index contributed by atoms with van der Waals surface area (Å²) in [5, 5.41) is 3.62. The largest absolute Gasteiger partial charge is 0.496 e. The van der Waals surface area contributed by atoms with E-state index >= 15 is 0 Å². The van der Waals surface area contributed by atoms with Crippen LogP contribution in [0.2, 0.25) is 5.02 Å². The monoisotopic (exact) mass is 402 g/mol. The lowest BCUT2D eigenvalue weighted by Gasteiger charge is -2.33. The van der Waals surface area contributed by atoms with Crippen LogP contribution in [0.1, 0.15) is 33.6 Å². The molecule has 0 spiro atoms. The highest BCUT2D eigenvalue weighted by molar-refractivity contribution is 6.30. The summed E-state index contributed by atoms with van der Waals surface area (Å²) in [6, 6.07) is 12.1. The molecule has 148 valence electrons. The zero-order chi connectivity index (χ0) is 20.1. The van der Waals surface area contributed by atoms with E-state index in [0.29, 0.717) is 53.6 Å². The van der Waals surface area contributed by atoms with Gasteiger partial charge in [-0.2, -0.15) is 0 Å². The Morgan fingerprint density at radius 1 is 1.00 bits per heavy atom. The molecule has 1 aliphatic heterocycles. The third-order valence-corrected chi connectivity index (χ3v) is 5.12. The Kier molecular flexibility index (Phi) is 6.41. The van der Waals surface area contributed by atoms with Crippen molar-refractivity contribution < 1.29 is 19.1 Å². The van der Waals surface area contributed by atoms with Crippen molar-refractivity contribution >= 4 is 23.4 Å². The first-order chi connectivity index (χ1) is 13.5. The third-order valence-electron chi connectivity index (χ3n) is 4.87. The maximum Gasteiger partial charge on any atom is 0.261 e. The standard InChI is InChI=1S/C21H23ClN2O4/c1-27-17-4-3-5-18(28-2)19(17)21(26)24-12-10-16(11-13-24)23-20(25)14-6-8-15(22)9-7-14/h3-9,16H,10-13H2,1-2H3,(H,23,25). The van der Waals surface area contributed by atoms with E-state index in [0.717, 1.165) is 0 Å². The van der Waals surface area contributed by atoms with Crippen LogP contribution in [0.25, 0.3) is 0 Å². The van der Waals surface area contributed by atoms with Gasteiger partial charge in [0.1, 0.15) is 17.1 Å². The quantitative estimate of drug-likeness (QED) is 0.832. The number of carbonyl (C=O) groups excluding carboxylic acids is 2. The Hall–Kier alpha value is -2.73. The number of amides is 2. The second kappa shape index (κ2) is 8.97. The molecule has 2 aromatic rings. The zero-order valence-corrected chi connectivity index (χ0v) is 16.7. The molecule has 0 bridgehead atoms. The topological polar surface area (TPSA) is 67.9 Å². The van der Waals surface area contributed by atoms with Crippen LogP contribution in [-0.4, -0.2) is 50.1 Å². The van der Waals surface area contributed by atoms with Crippen LogP contribution in [0, 0.1) is 0 Å². The maximum absolute atomic E-state index is 13.0. The van der Waals surface area contributed by atoms with Crippen molar-refractivity contribution in [2.45, 2.75) is 18.9 Å². The van der Waals surface area contributed by atoms with Crippen molar-refractivity contribution in [2.24, 2.45) is 0 Å². The van der Waals surface area contributed by atoms with Gasteiger partial charge in [0, 0.05) is 29.7 Å². The Bertz CT molecular complexity index is 824. The second-order valence-corrected chi connectivity index (χ2v) is 7.02. The minimum atomic E-state index is -0.132. The smallest absolute Gasteiger partial charge is 0.261 e. The van der Waals surface area contributed by atoms with Crippen LogP contribution in [0.15, 0.2) is 42.5 Å². The zero-order valence-electron chi connectivity index (χ0n) is 15.9. The van der Waals surface area contributed by atoms with E-state index in [1.165, 1.54) is 14.2 Å². The van der Waals surface area contributed by atoms with Crippen LogP contribution in [0.5, 0.6) is 11.5 Å². The van der Waals surface area contributed by atoms with E-state index in [4.69, 9.17) is 21.1 Å². The van der Waals surface area contributed by atoms with Crippen molar-refractivity contribution in [3.63, 3.8) is 0 Å². The number of methoxy groups -OCH3 is 2. The van der Waals surface area contributed by atoms with Crippen LogP contribution < -0.4 is 14.8 Å². The number of hydrogen-bond acceptors (Lipinski definition) is 4. The molecule has 6 nitrogen and oxygen atoms in total. The number of ether oxygens (including phenoxy) is 2. The Morgan fingerprint density at radius 3 is 2.11 bits per heavy atom. The highest BCUT2D eigenvalue weighted by Crippen LogP contribution is 2.30. The number of piperidine rings is 1. The predicted molar refractivity (Wildman–Crippen MR) is 107 cm³/mol. The number of benzene rings is 2. The fourth-order valence-corrected chi connectivity index (χ4v) is 3.44. The van der Waals surface area contributed by atoms with Gasteiger partial charge in [-0.25, -0.2) is 0 Å². The van der Waals surface area contributed by atoms with E-state index in [1.54, 1.807) is 47.4 Å². The molecule has 0 aromatic heterocycles. The van der Waals surface area contributed by atoms with Gasteiger partial charge >= 0.3 is 0 Å². The lowest BCUT2D eigenvalue weighted by atomic mass is 10.0. The molecule has 1 heterocycles. The Morgan fingerprint density at radius 2 is 1.57 bits per heavy atom. The fourth-order valence-electron chi connectivity index (χ4n) is 3.32. The van der Waals surface area contributed by atoms with Crippen LogP contribution >= 0.6 is 11.6 Å². The van der Waals surface area contributed by atoms with Gasteiger partial charge in [-0.3, -0.25) is 9.59 Å². The molecule has 28 heavy (non-hydrogen) atoms. The molecule has 1 aliphatic rings. The molecule has 0 atom stereocenters. The van der Waals surface area contributed by atoms with Crippen LogP contribution in [-0.2, 0) is 0 Å². The first-order valence-corrected chi connectivity index (χ1v) is 9.48. The molecule has 0 unspecified atom stereocenters. The average Bonchev–Trinajstić information content (AvgIpc) is 2.73. The van der Waals surface area contributed by atoms with Crippen molar-refractivity contribution in [2.75, 3.05) is 27.3 Å². The summed E-state index contributed by atoms with van der Waals surface area (Å²) >= 11 is 5.86. The van der Waals surface area contributed by atoms with Gasteiger partial charge in [0.25, 0.3) is 11.8 Å². The summed E-state index contributed by atoms with van der Waals surface area (Å²) in [5.74, 6) is 0.717. The van der Waals surface area contributed by atoms with Gasteiger partial charge in [-0.05, 0) is 49.2 Å². The number of likely N-dealkylation sites (tertiary alicyclic amines) is 1. The van der Waals surface area contributed by atoms with Crippen molar-refractivity contribution in [1.82, 2.24) is 10.2 Å². The maximum atomic E-state index is 13.0. The molecule has 1 fully saturated rings. The molecule has 2 amide bonds. The van der Waals surface area contributed by atoms with E-state index in [2.05, 4.69) is 5.32 Å². The molecule has 2 aromatic carbocycles. The lowest BCUT2D eigenvalue weighted by molar-refractivity contribution is 0.0691. The van der Waals surface area contributed by atoms with Gasteiger partial charge in [0.15, 0.2) is 0 Å². The number of halogens is 1. The average molecular weight is 403 g/mol.